The lowest BCUT2D eigenvalue weighted by molar-refractivity contribution is -0.119. The van der Waals surface area contributed by atoms with Crippen LogP contribution in [-0.4, -0.2) is 31.2 Å². The summed E-state index contributed by atoms with van der Waals surface area (Å²) < 4.78 is 34.5. The van der Waals surface area contributed by atoms with Crippen molar-refractivity contribution < 1.29 is 23.1 Å². The van der Waals surface area contributed by atoms with E-state index < -0.39 is 23.8 Å². The fourth-order valence-electron chi connectivity index (χ4n) is 4.48. The topological polar surface area (TPSA) is 82.4 Å². The molecule has 1 aromatic rings. The number of anilines is 1. The maximum atomic E-state index is 14.7. The van der Waals surface area contributed by atoms with Crippen LogP contribution in [0.15, 0.2) is 12.1 Å². The lowest BCUT2D eigenvalue weighted by Gasteiger charge is -2.19. The number of fused-ring (bicyclic) bond motifs is 1. The molecule has 27 heavy (non-hydrogen) atoms. The highest BCUT2D eigenvalue weighted by Gasteiger charge is 2.57. The molecule has 3 fully saturated rings. The Morgan fingerprint density at radius 2 is 1.96 bits per heavy atom. The summed E-state index contributed by atoms with van der Waals surface area (Å²) in [7, 11) is 0. The van der Waals surface area contributed by atoms with Gasteiger partial charge in [0, 0.05) is 12.5 Å². The molecule has 1 aliphatic heterocycles. The number of carbonyl (C=O) groups is 2. The zero-order valence-electron chi connectivity index (χ0n) is 14.7. The number of rotatable bonds is 4. The highest BCUT2D eigenvalue weighted by molar-refractivity contribution is 5.89. The van der Waals surface area contributed by atoms with Crippen molar-refractivity contribution in [3.05, 3.63) is 29.3 Å². The van der Waals surface area contributed by atoms with Gasteiger partial charge in [0.15, 0.2) is 0 Å². The minimum absolute atomic E-state index is 0.0339. The Balaban J connectivity index is 1.48. The van der Waals surface area contributed by atoms with Gasteiger partial charge >= 0.3 is 6.09 Å². The normalized spacial score (nSPS) is 31.3. The van der Waals surface area contributed by atoms with E-state index in [1.807, 2.05) is 0 Å². The maximum Gasteiger partial charge on any atom is 0.414 e. The monoisotopic (exact) mass is 375 g/mol. The molecule has 2 unspecified atom stereocenters. The first kappa shape index (κ1) is 17.7. The molecule has 2 aliphatic carbocycles. The fourth-order valence-corrected chi connectivity index (χ4v) is 4.48. The molecule has 4 rings (SSSR count). The van der Waals surface area contributed by atoms with E-state index in [1.165, 1.54) is 11.8 Å². The van der Waals surface area contributed by atoms with Gasteiger partial charge in [0.05, 0.1) is 30.8 Å². The number of hydrogen-bond acceptors (Lipinski definition) is 4. The van der Waals surface area contributed by atoms with E-state index in [2.05, 4.69) is 11.4 Å². The second-order valence-corrected chi connectivity index (χ2v) is 7.53. The quantitative estimate of drug-likeness (QED) is 0.877. The minimum atomic E-state index is -0.698. The summed E-state index contributed by atoms with van der Waals surface area (Å²) in [5, 5.41) is 11.5. The lowest BCUT2D eigenvalue weighted by atomic mass is 9.91. The lowest BCUT2D eigenvalue weighted by Crippen LogP contribution is -2.33. The van der Waals surface area contributed by atoms with Gasteiger partial charge in [-0.25, -0.2) is 13.6 Å². The van der Waals surface area contributed by atoms with Crippen molar-refractivity contribution in [3.63, 3.8) is 0 Å². The van der Waals surface area contributed by atoms with Crippen molar-refractivity contribution in [3.8, 4) is 6.07 Å². The average Bonchev–Trinajstić information content (AvgIpc) is 2.92. The molecular formula is C19H19F2N3O3. The standard InChI is InChI=1S/C19H19F2N3O3/c1-9(25)23-7-12-8-24(19(26)27-12)11-4-16(20)18(17(21)5-11)10-2-13-14(3-10)15(13)6-22/h4-5,10,12-15H,2-3,7-8H2,1H3,(H,23,25)/t10?,12-,13?,14?,15?/m0/s1. The molecule has 1 aromatic carbocycles. The number of ether oxygens (including phenoxy) is 1. The minimum Gasteiger partial charge on any atom is -0.442 e. The predicted octanol–water partition coefficient (Wildman–Crippen LogP) is 2.69. The van der Waals surface area contributed by atoms with Crippen LogP contribution >= 0.6 is 0 Å². The van der Waals surface area contributed by atoms with E-state index in [0.717, 1.165) is 12.1 Å². The first-order valence-corrected chi connectivity index (χ1v) is 9.00. The van der Waals surface area contributed by atoms with Crippen LogP contribution < -0.4 is 10.2 Å². The number of nitrogens with one attached hydrogen (secondary N) is 1. The fraction of sp³-hybridized carbons (Fsp3) is 0.526. The summed E-state index contributed by atoms with van der Waals surface area (Å²) in [6.07, 6.45) is -0.0192. The maximum absolute atomic E-state index is 14.7. The number of halogens is 2. The molecule has 3 atom stereocenters. The Hall–Kier alpha value is -2.69. The van der Waals surface area contributed by atoms with Crippen molar-refractivity contribution in [2.75, 3.05) is 18.0 Å². The first-order chi connectivity index (χ1) is 12.9. The zero-order valence-corrected chi connectivity index (χ0v) is 14.7. The Kier molecular flexibility index (Phi) is 4.25. The molecule has 1 saturated heterocycles. The summed E-state index contributed by atoms with van der Waals surface area (Å²) >= 11 is 0. The number of carbonyl (C=O) groups excluding carboxylic acids is 2. The second kappa shape index (κ2) is 6.48. The molecule has 1 N–H and O–H groups in total. The predicted molar refractivity (Wildman–Crippen MR) is 90.7 cm³/mol. The Bertz CT molecular complexity index is 818. The second-order valence-electron chi connectivity index (χ2n) is 7.53. The van der Waals surface area contributed by atoms with Gasteiger partial charge in [-0.3, -0.25) is 9.69 Å². The van der Waals surface area contributed by atoms with Crippen LogP contribution in [-0.2, 0) is 9.53 Å². The summed E-state index contributed by atoms with van der Waals surface area (Å²) in [4.78, 5) is 24.2. The number of nitriles is 1. The highest BCUT2D eigenvalue weighted by Crippen LogP contribution is 2.62. The van der Waals surface area contributed by atoms with E-state index in [0.29, 0.717) is 12.8 Å². The van der Waals surface area contributed by atoms with Crippen LogP contribution in [0, 0.1) is 40.7 Å². The number of nitrogens with zero attached hydrogens (tertiary/aromatic N) is 2. The third-order valence-corrected chi connectivity index (χ3v) is 5.83. The molecule has 3 aliphatic rings. The first-order valence-electron chi connectivity index (χ1n) is 9.00. The Morgan fingerprint density at radius 1 is 1.33 bits per heavy atom. The summed E-state index contributed by atoms with van der Waals surface area (Å²) in [5.41, 5.74) is 0.145. The van der Waals surface area contributed by atoms with Gasteiger partial charge in [0.25, 0.3) is 0 Å². The van der Waals surface area contributed by atoms with E-state index in [-0.39, 0.29) is 53.9 Å². The smallest absolute Gasteiger partial charge is 0.414 e. The molecule has 8 heteroatoms. The van der Waals surface area contributed by atoms with Crippen molar-refractivity contribution in [1.29, 1.82) is 5.26 Å². The molecular weight excluding hydrogens is 356 g/mol. The third kappa shape index (κ3) is 3.11. The third-order valence-electron chi connectivity index (χ3n) is 5.83. The summed E-state index contributed by atoms with van der Waals surface area (Å²) in [6, 6.07) is 4.56. The number of cyclic esters (lactones) is 1. The van der Waals surface area contributed by atoms with E-state index >= 15 is 0 Å². The van der Waals surface area contributed by atoms with Crippen LogP contribution in [0.1, 0.15) is 31.2 Å². The number of benzene rings is 1. The molecule has 6 nitrogen and oxygen atoms in total. The zero-order chi connectivity index (χ0) is 19.3. The molecule has 0 spiro atoms. The molecule has 2 saturated carbocycles. The van der Waals surface area contributed by atoms with E-state index in [9.17, 15) is 18.4 Å². The highest BCUT2D eigenvalue weighted by atomic mass is 19.1. The molecule has 142 valence electrons. The van der Waals surface area contributed by atoms with E-state index in [4.69, 9.17) is 10.00 Å². The van der Waals surface area contributed by atoms with Crippen molar-refractivity contribution in [2.45, 2.75) is 31.8 Å². The largest absolute Gasteiger partial charge is 0.442 e. The Labute approximate surface area is 155 Å². The SMILES string of the molecule is CC(=O)NC[C@H]1CN(c2cc(F)c(C3CC4C(C#N)C4C3)c(F)c2)C(=O)O1. The molecule has 1 heterocycles. The van der Waals surface area contributed by atoms with Gasteiger partial charge in [-0.15, -0.1) is 0 Å². The van der Waals surface area contributed by atoms with Gasteiger partial charge < -0.3 is 10.1 Å². The van der Waals surface area contributed by atoms with Crippen LogP contribution in [0.2, 0.25) is 0 Å². The molecule has 2 amide bonds. The van der Waals surface area contributed by atoms with Gasteiger partial charge in [-0.1, -0.05) is 0 Å². The average molecular weight is 375 g/mol. The van der Waals surface area contributed by atoms with Gasteiger partial charge in [0.2, 0.25) is 5.91 Å². The molecule has 0 bridgehead atoms. The van der Waals surface area contributed by atoms with Gasteiger partial charge in [-0.05, 0) is 42.7 Å². The van der Waals surface area contributed by atoms with Gasteiger partial charge in [0.1, 0.15) is 17.7 Å². The molecule has 0 radical (unpaired) electrons. The molecule has 0 aromatic heterocycles. The van der Waals surface area contributed by atoms with Crippen LogP contribution in [0.25, 0.3) is 0 Å². The Morgan fingerprint density at radius 3 is 2.52 bits per heavy atom. The van der Waals surface area contributed by atoms with Crippen molar-refractivity contribution in [2.24, 2.45) is 17.8 Å². The summed E-state index contributed by atoms with van der Waals surface area (Å²) in [5.74, 6) is -1.29. The number of hydrogen-bond donors (Lipinski definition) is 1. The van der Waals surface area contributed by atoms with E-state index in [1.54, 1.807) is 0 Å². The summed E-state index contributed by atoms with van der Waals surface area (Å²) in [6.45, 7) is 1.60. The number of amides is 2. The van der Waals surface area contributed by atoms with Crippen LogP contribution in [0.4, 0.5) is 19.3 Å². The van der Waals surface area contributed by atoms with Crippen LogP contribution in [0.3, 0.4) is 0 Å². The van der Waals surface area contributed by atoms with Crippen LogP contribution in [0.5, 0.6) is 0 Å². The van der Waals surface area contributed by atoms with Crippen molar-refractivity contribution >= 4 is 17.7 Å². The van der Waals surface area contributed by atoms with Gasteiger partial charge in [-0.2, -0.15) is 5.26 Å². The van der Waals surface area contributed by atoms with Crippen molar-refractivity contribution in [1.82, 2.24) is 5.32 Å².